The largest absolute Gasteiger partial charge is 0.480 e. The minimum atomic E-state index is -4.00. The number of nitrogens with one attached hydrogen (secondary N) is 1. The lowest BCUT2D eigenvalue weighted by Gasteiger charge is -2.21. The summed E-state index contributed by atoms with van der Waals surface area (Å²) in [7, 11) is -2.67. The second-order valence-corrected chi connectivity index (χ2v) is 11.0. The van der Waals surface area contributed by atoms with Crippen molar-refractivity contribution in [3.63, 3.8) is 0 Å². The molecule has 0 amide bonds. The average molecular weight is 498 g/mol. The molecule has 1 atom stereocenters. The maximum atomic E-state index is 15.2. The number of hydrogen-bond donors (Lipinski definition) is 2. The van der Waals surface area contributed by atoms with E-state index in [4.69, 9.17) is 10.5 Å². The van der Waals surface area contributed by atoms with Gasteiger partial charge in [-0.15, -0.1) is 0 Å². The number of fused-ring (bicyclic) bond motifs is 1. The van der Waals surface area contributed by atoms with Gasteiger partial charge < -0.3 is 15.0 Å². The third kappa shape index (κ3) is 4.85. The van der Waals surface area contributed by atoms with E-state index in [1.165, 1.54) is 25.4 Å². The molecule has 0 aliphatic heterocycles. The zero-order valence-corrected chi connectivity index (χ0v) is 21.0. The first kappa shape index (κ1) is 24.6. The van der Waals surface area contributed by atoms with Crippen LogP contribution in [0.3, 0.4) is 0 Å². The average Bonchev–Trinajstić information content (AvgIpc) is 3.11. The number of sulfonamides is 1. The van der Waals surface area contributed by atoms with Crippen LogP contribution in [-0.4, -0.2) is 35.6 Å². The number of aromatic nitrogens is 3. The molecule has 0 radical (unpaired) electrons. The van der Waals surface area contributed by atoms with Crippen molar-refractivity contribution in [2.45, 2.75) is 44.2 Å². The first-order valence-corrected chi connectivity index (χ1v) is 12.5. The predicted molar refractivity (Wildman–Crippen MR) is 134 cm³/mol. The lowest BCUT2D eigenvalue weighted by atomic mass is 10.0. The lowest BCUT2D eigenvalue weighted by Crippen LogP contribution is -2.40. The summed E-state index contributed by atoms with van der Waals surface area (Å²) in [6.45, 7) is 7.15. The van der Waals surface area contributed by atoms with Gasteiger partial charge in [0.1, 0.15) is 10.7 Å². The number of nitrogens with zero attached hydrogens (tertiary/aromatic N) is 3. The van der Waals surface area contributed by atoms with Gasteiger partial charge in [0.25, 0.3) is 0 Å². The van der Waals surface area contributed by atoms with Gasteiger partial charge in [0.15, 0.2) is 0 Å². The van der Waals surface area contributed by atoms with Crippen molar-refractivity contribution >= 4 is 27.0 Å². The molecule has 0 saturated heterocycles. The van der Waals surface area contributed by atoms with Gasteiger partial charge in [-0.2, -0.15) is 0 Å². The van der Waals surface area contributed by atoms with Gasteiger partial charge in [0, 0.05) is 28.9 Å². The van der Waals surface area contributed by atoms with Crippen molar-refractivity contribution in [1.82, 2.24) is 19.3 Å². The zero-order chi connectivity index (χ0) is 25.5. The van der Waals surface area contributed by atoms with Crippen LogP contribution in [0.2, 0.25) is 0 Å². The maximum Gasteiger partial charge on any atom is 0.246 e. The number of imidazole rings is 1. The molecular weight excluding hydrogens is 469 g/mol. The molecule has 0 spiro atoms. The zero-order valence-electron chi connectivity index (χ0n) is 20.2. The Labute approximate surface area is 204 Å². The summed E-state index contributed by atoms with van der Waals surface area (Å²) in [5.41, 5.74) is 7.95. The van der Waals surface area contributed by atoms with E-state index in [9.17, 15) is 8.42 Å². The maximum absolute atomic E-state index is 15.2. The van der Waals surface area contributed by atoms with Crippen LogP contribution in [-0.2, 0) is 10.0 Å². The molecule has 2 aromatic carbocycles. The summed E-state index contributed by atoms with van der Waals surface area (Å²) in [5, 5.41) is 0. The predicted octanol–water partition coefficient (Wildman–Crippen LogP) is 4.51. The Morgan fingerprint density at radius 2 is 1.83 bits per heavy atom. The molecule has 0 unspecified atom stereocenters. The molecule has 10 heteroatoms. The van der Waals surface area contributed by atoms with Crippen LogP contribution >= 0.6 is 0 Å². The van der Waals surface area contributed by atoms with E-state index in [1.54, 1.807) is 26.8 Å². The Morgan fingerprint density at radius 3 is 2.46 bits per heavy atom. The number of methoxy groups -OCH3 is 1. The number of benzene rings is 2. The fourth-order valence-electron chi connectivity index (χ4n) is 4.03. The van der Waals surface area contributed by atoms with Gasteiger partial charge in [-0.05, 0) is 45.4 Å². The SMILES string of the molecule is COc1ncc(-c2cc3c(cc2F)nc(N)n3[C@H](C)c2ccccc2)cc1S(=O)(=O)NC(C)(C)C. The lowest BCUT2D eigenvalue weighted by molar-refractivity contribution is 0.384. The fraction of sp³-hybridized carbons (Fsp3) is 0.280. The molecule has 8 nitrogen and oxygen atoms in total. The highest BCUT2D eigenvalue weighted by Crippen LogP contribution is 2.34. The Balaban J connectivity index is 1.88. The van der Waals surface area contributed by atoms with E-state index in [0.717, 1.165) is 5.56 Å². The number of anilines is 1. The van der Waals surface area contributed by atoms with Crippen LogP contribution in [0.5, 0.6) is 5.88 Å². The number of pyridine rings is 1. The Kier molecular flexibility index (Phi) is 6.29. The van der Waals surface area contributed by atoms with Crippen molar-refractivity contribution < 1.29 is 17.5 Å². The van der Waals surface area contributed by atoms with E-state index in [-0.39, 0.29) is 33.9 Å². The highest BCUT2D eigenvalue weighted by atomic mass is 32.2. The molecule has 0 fully saturated rings. The Hall–Kier alpha value is -3.50. The van der Waals surface area contributed by atoms with E-state index < -0.39 is 21.4 Å². The van der Waals surface area contributed by atoms with E-state index in [1.807, 2.05) is 41.8 Å². The van der Waals surface area contributed by atoms with Crippen molar-refractivity contribution in [1.29, 1.82) is 0 Å². The smallest absolute Gasteiger partial charge is 0.246 e. The molecule has 4 rings (SSSR count). The molecule has 0 bridgehead atoms. The van der Waals surface area contributed by atoms with Gasteiger partial charge >= 0.3 is 0 Å². The molecule has 35 heavy (non-hydrogen) atoms. The topological polar surface area (TPSA) is 112 Å². The van der Waals surface area contributed by atoms with E-state index >= 15 is 4.39 Å². The van der Waals surface area contributed by atoms with Crippen molar-refractivity contribution in [2.75, 3.05) is 12.8 Å². The van der Waals surface area contributed by atoms with E-state index in [2.05, 4.69) is 14.7 Å². The standard InChI is InChI=1S/C25H28FN5O3S/c1-15(16-9-7-6-8-10-16)31-21-12-18(19(26)13-20(21)29-24(31)27)17-11-22(23(34-5)28-14-17)35(32,33)30-25(2,3)4/h6-15,30H,1-5H3,(H2,27,29)/t15-/m1/s1. The summed E-state index contributed by atoms with van der Waals surface area (Å²) in [6.07, 6.45) is 1.38. The van der Waals surface area contributed by atoms with Gasteiger partial charge in [-0.3, -0.25) is 0 Å². The summed E-state index contributed by atoms with van der Waals surface area (Å²) in [6, 6.07) is 13.8. The highest BCUT2D eigenvalue weighted by molar-refractivity contribution is 7.89. The number of nitrogen functional groups attached to an aromatic ring is 1. The second kappa shape index (κ2) is 8.94. The minimum Gasteiger partial charge on any atom is -0.480 e. The van der Waals surface area contributed by atoms with Crippen LogP contribution in [0.4, 0.5) is 10.3 Å². The summed E-state index contributed by atoms with van der Waals surface area (Å²) in [4.78, 5) is 8.30. The molecule has 0 aliphatic rings. The third-order valence-electron chi connectivity index (χ3n) is 5.53. The van der Waals surface area contributed by atoms with Gasteiger partial charge in [-0.1, -0.05) is 30.3 Å². The minimum absolute atomic E-state index is 0.0843. The van der Waals surface area contributed by atoms with E-state index in [0.29, 0.717) is 11.0 Å². The van der Waals surface area contributed by atoms with Crippen molar-refractivity contribution in [3.05, 3.63) is 66.1 Å². The van der Waals surface area contributed by atoms with Crippen LogP contribution in [0.1, 0.15) is 39.3 Å². The summed E-state index contributed by atoms with van der Waals surface area (Å²) < 4.78 is 50.9. The number of nitrogens with two attached hydrogens (primary N) is 1. The molecule has 0 aliphatic carbocycles. The Morgan fingerprint density at radius 1 is 1.14 bits per heavy atom. The molecule has 0 saturated carbocycles. The number of ether oxygens (including phenoxy) is 1. The van der Waals surface area contributed by atoms with Crippen LogP contribution in [0.25, 0.3) is 22.2 Å². The van der Waals surface area contributed by atoms with Crippen LogP contribution in [0.15, 0.2) is 59.6 Å². The first-order chi connectivity index (χ1) is 16.4. The van der Waals surface area contributed by atoms with Crippen LogP contribution < -0.4 is 15.2 Å². The highest BCUT2D eigenvalue weighted by Gasteiger charge is 2.27. The molecule has 3 N–H and O–H groups in total. The fourth-order valence-corrected chi connectivity index (χ4v) is 5.59. The first-order valence-electron chi connectivity index (χ1n) is 11.0. The number of hydrogen-bond acceptors (Lipinski definition) is 6. The molecule has 2 heterocycles. The van der Waals surface area contributed by atoms with Gasteiger partial charge in [-0.25, -0.2) is 27.5 Å². The normalized spacial score (nSPS) is 13.2. The number of rotatable bonds is 6. The second-order valence-electron chi connectivity index (χ2n) is 9.33. The molecule has 2 aromatic heterocycles. The molecule has 184 valence electrons. The monoisotopic (exact) mass is 497 g/mol. The van der Waals surface area contributed by atoms with Gasteiger partial charge in [0.2, 0.25) is 21.9 Å². The third-order valence-corrected chi connectivity index (χ3v) is 7.28. The number of halogens is 1. The molecule has 4 aromatic rings. The molecular formula is C25H28FN5O3S. The van der Waals surface area contributed by atoms with Gasteiger partial charge in [0.05, 0.1) is 24.2 Å². The van der Waals surface area contributed by atoms with Crippen molar-refractivity contribution in [2.24, 2.45) is 0 Å². The van der Waals surface area contributed by atoms with Crippen molar-refractivity contribution in [3.8, 4) is 17.0 Å². The Bertz CT molecular complexity index is 1500. The summed E-state index contributed by atoms with van der Waals surface area (Å²) in [5.74, 6) is -0.411. The van der Waals surface area contributed by atoms with Crippen LogP contribution in [0, 0.1) is 5.82 Å². The summed E-state index contributed by atoms with van der Waals surface area (Å²) >= 11 is 0. The quantitative estimate of drug-likeness (QED) is 0.405.